The predicted octanol–water partition coefficient (Wildman–Crippen LogP) is 13.8. The number of para-hydroxylation sites is 1. The normalized spacial score (nSPS) is 12.0. The lowest BCUT2D eigenvalue weighted by molar-refractivity contribution is 0.669. The minimum atomic E-state index is 0.862. The number of aromatic nitrogens is 1. The predicted molar refractivity (Wildman–Crippen MR) is 216 cm³/mol. The summed E-state index contributed by atoms with van der Waals surface area (Å²) in [4.78, 5) is 2.26. The van der Waals surface area contributed by atoms with E-state index < -0.39 is 0 Å². The minimum absolute atomic E-state index is 0.862. The quantitative estimate of drug-likeness (QED) is 0.168. The Morgan fingerprint density at radius 1 is 0.600 bits per heavy atom. The molecule has 3 nitrogen and oxygen atoms in total. The number of nitrogens with zero attached hydrogens (tertiary/aromatic N) is 2. The highest BCUT2D eigenvalue weighted by molar-refractivity contribution is 6.24. The van der Waals surface area contributed by atoms with Crippen LogP contribution in [0.15, 0.2) is 181 Å². The third kappa shape index (κ3) is 5.07. The molecule has 0 fully saturated rings. The van der Waals surface area contributed by atoms with Gasteiger partial charge in [-0.1, -0.05) is 111 Å². The Morgan fingerprint density at radius 2 is 1.32 bits per heavy atom. The second kappa shape index (κ2) is 12.9. The summed E-state index contributed by atoms with van der Waals surface area (Å²) in [6.07, 6.45) is 8.05. The topological polar surface area (TPSA) is 21.3 Å². The van der Waals surface area contributed by atoms with Gasteiger partial charge >= 0.3 is 0 Å². The standard InChI is InChI=1S/C45H32N2O.C2H6/c1-3-12-33(13-4-2)46(34-17-6-5-7-18-34)36-23-25-43-38(27-36)39-28-40-42(29-44(39)48-43)47(35-22-20-30-14-8-9-16-32(30)26-35)41-24-21-31-15-10-11-19-37(31)45(40)41;1-2/h3-29H,1H2,2H3;1-2H3/b13-4-,33-12+;. The van der Waals surface area contributed by atoms with Gasteiger partial charge in [-0.3, -0.25) is 0 Å². The number of allylic oxidation sites excluding steroid dienone is 4. The Labute approximate surface area is 292 Å². The van der Waals surface area contributed by atoms with Crippen molar-refractivity contribution in [2.45, 2.75) is 20.8 Å². The van der Waals surface area contributed by atoms with Crippen LogP contribution in [0, 0.1) is 0 Å². The van der Waals surface area contributed by atoms with Gasteiger partial charge in [0.2, 0.25) is 0 Å². The molecular formula is C47H38N2O. The fraction of sp³-hybridized carbons (Fsp3) is 0.0638. The molecule has 0 aliphatic rings. The molecule has 9 rings (SSSR count). The number of anilines is 2. The van der Waals surface area contributed by atoms with E-state index >= 15 is 0 Å². The Morgan fingerprint density at radius 3 is 2.12 bits per heavy atom. The van der Waals surface area contributed by atoms with Crippen molar-refractivity contribution in [3.05, 3.63) is 176 Å². The molecule has 3 heteroatoms. The van der Waals surface area contributed by atoms with Crippen LogP contribution in [0.2, 0.25) is 0 Å². The van der Waals surface area contributed by atoms with E-state index in [0.717, 1.165) is 50.2 Å². The van der Waals surface area contributed by atoms with Crippen molar-refractivity contribution in [2.75, 3.05) is 4.90 Å². The first-order chi connectivity index (χ1) is 24.7. The van der Waals surface area contributed by atoms with E-state index in [1.165, 1.54) is 37.8 Å². The molecule has 0 radical (unpaired) electrons. The van der Waals surface area contributed by atoms with Gasteiger partial charge < -0.3 is 13.9 Å². The Balaban J connectivity index is 0.00000177. The molecule has 0 saturated carbocycles. The number of hydrogen-bond donors (Lipinski definition) is 0. The molecule has 0 aliphatic carbocycles. The summed E-state index contributed by atoms with van der Waals surface area (Å²) in [7, 11) is 0. The van der Waals surface area contributed by atoms with Crippen LogP contribution < -0.4 is 4.90 Å². The van der Waals surface area contributed by atoms with E-state index in [1.54, 1.807) is 0 Å². The SMILES string of the molecule is C=C/C=C(\C=C/C)N(c1ccccc1)c1ccc2oc3cc4c(cc3c2c1)c1c2ccccc2ccc1n4-c1ccc2ccccc2c1.CC. The van der Waals surface area contributed by atoms with Gasteiger partial charge in [0.1, 0.15) is 11.2 Å². The van der Waals surface area contributed by atoms with Gasteiger partial charge in [0, 0.05) is 50.4 Å². The highest BCUT2D eigenvalue weighted by atomic mass is 16.3. The lowest BCUT2D eigenvalue weighted by Crippen LogP contribution is -2.14. The van der Waals surface area contributed by atoms with Crippen molar-refractivity contribution >= 4 is 76.7 Å². The third-order valence-corrected chi connectivity index (χ3v) is 9.38. The van der Waals surface area contributed by atoms with Gasteiger partial charge in [-0.25, -0.2) is 0 Å². The first-order valence-electron chi connectivity index (χ1n) is 17.3. The molecule has 0 saturated heterocycles. The highest BCUT2D eigenvalue weighted by Gasteiger charge is 2.20. The van der Waals surface area contributed by atoms with E-state index in [2.05, 4.69) is 162 Å². The van der Waals surface area contributed by atoms with Crippen LogP contribution in [0.25, 0.3) is 71.0 Å². The van der Waals surface area contributed by atoms with Crippen molar-refractivity contribution in [1.29, 1.82) is 0 Å². The van der Waals surface area contributed by atoms with E-state index in [4.69, 9.17) is 4.42 Å². The fourth-order valence-electron chi connectivity index (χ4n) is 7.30. The number of rotatable bonds is 6. The zero-order valence-corrected chi connectivity index (χ0v) is 28.6. The van der Waals surface area contributed by atoms with E-state index in [9.17, 15) is 0 Å². The van der Waals surface area contributed by atoms with Gasteiger partial charge in [0.15, 0.2) is 0 Å². The number of furan rings is 1. The Hall–Kier alpha value is -6.32. The molecule has 0 bridgehead atoms. The van der Waals surface area contributed by atoms with Crippen LogP contribution in [0.4, 0.5) is 11.4 Å². The number of benzene rings is 7. The molecule has 9 aromatic rings. The molecule has 0 atom stereocenters. The summed E-state index contributed by atoms with van der Waals surface area (Å²) in [5, 5.41) is 9.55. The van der Waals surface area contributed by atoms with Gasteiger partial charge in [0.05, 0.1) is 11.0 Å². The summed E-state index contributed by atoms with van der Waals surface area (Å²) in [6.45, 7) is 10.0. The van der Waals surface area contributed by atoms with E-state index in [1.807, 2.05) is 39.0 Å². The van der Waals surface area contributed by atoms with Crippen molar-refractivity contribution in [3.63, 3.8) is 0 Å². The van der Waals surface area contributed by atoms with Crippen molar-refractivity contribution in [1.82, 2.24) is 4.57 Å². The van der Waals surface area contributed by atoms with Crippen LogP contribution in [0.1, 0.15) is 20.8 Å². The fourth-order valence-corrected chi connectivity index (χ4v) is 7.30. The van der Waals surface area contributed by atoms with Crippen LogP contribution in [-0.2, 0) is 0 Å². The number of fused-ring (bicyclic) bond motifs is 9. The van der Waals surface area contributed by atoms with E-state index in [-0.39, 0.29) is 0 Å². The molecule has 2 aromatic heterocycles. The molecule has 50 heavy (non-hydrogen) atoms. The monoisotopic (exact) mass is 646 g/mol. The number of hydrogen-bond acceptors (Lipinski definition) is 2. The molecule has 0 aliphatic heterocycles. The zero-order chi connectivity index (χ0) is 34.2. The maximum absolute atomic E-state index is 6.62. The molecule has 0 N–H and O–H groups in total. The molecule has 7 aromatic carbocycles. The summed E-state index contributed by atoms with van der Waals surface area (Å²) >= 11 is 0. The first kappa shape index (κ1) is 31.0. The lowest BCUT2D eigenvalue weighted by Gasteiger charge is -2.26. The average Bonchev–Trinajstić information content (AvgIpc) is 3.69. The van der Waals surface area contributed by atoms with Gasteiger partial charge in [0.25, 0.3) is 0 Å². The van der Waals surface area contributed by atoms with Gasteiger partial charge in [-0.05, 0) is 95.2 Å². The molecule has 0 unspecified atom stereocenters. The van der Waals surface area contributed by atoms with Gasteiger partial charge in [-0.15, -0.1) is 0 Å². The third-order valence-electron chi connectivity index (χ3n) is 9.38. The van der Waals surface area contributed by atoms with Crippen molar-refractivity contribution < 1.29 is 4.42 Å². The van der Waals surface area contributed by atoms with Crippen LogP contribution in [0.5, 0.6) is 0 Å². The Bertz CT molecular complexity index is 2760. The van der Waals surface area contributed by atoms with Crippen molar-refractivity contribution in [3.8, 4) is 5.69 Å². The van der Waals surface area contributed by atoms with Crippen LogP contribution >= 0.6 is 0 Å². The molecule has 2 heterocycles. The second-order valence-corrected chi connectivity index (χ2v) is 12.2. The molecule has 0 amide bonds. The molecule has 242 valence electrons. The second-order valence-electron chi connectivity index (χ2n) is 12.2. The summed E-state index contributed by atoms with van der Waals surface area (Å²) in [5.74, 6) is 0. The van der Waals surface area contributed by atoms with Gasteiger partial charge in [-0.2, -0.15) is 0 Å². The minimum Gasteiger partial charge on any atom is -0.456 e. The largest absolute Gasteiger partial charge is 0.456 e. The maximum Gasteiger partial charge on any atom is 0.137 e. The molecule has 0 spiro atoms. The van der Waals surface area contributed by atoms with E-state index in [0.29, 0.717) is 0 Å². The maximum atomic E-state index is 6.62. The summed E-state index contributed by atoms with van der Waals surface area (Å²) in [6, 6.07) is 50.0. The summed E-state index contributed by atoms with van der Waals surface area (Å²) in [5.41, 5.74) is 8.31. The average molecular weight is 647 g/mol. The molecular weight excluding hydrogens is 609 g/mol. The zero-order valence-electron chi connectivity index (χ0n) is 28.6. The summed E-state index contributed by atoms with van der Waals surface area (Å²) < 4.78 is 9.02. The first-order valence-corrected chi connectivity index (χ1v) is 17.3. The highest BCUT2D eigenvalue weighted by Crippen LogP contribution is 2.42. The van der Waals surface area contributed by atoms with Crippen LogP contribution in [-0.4, -0.2) is 4.57 Å². The van der Waals surface area contributed by atoms with Crippen molar-refractivity contribution in [2.24, 2.45) is 0 Å². The van der Waals surface area contributed by atoms with Crippen LogP contribution in [0.3, 0.4) is 0 Å². The lowest BCUT2D eigenvalue weighted by atomic mass is 10.0. The Kier molecular flexibility index (Phi) is 8.02. The smallest absolute Gasteiger partial charge is 0.137 e.